The van der Waals surface area contributed by atoms with Crippen molar-refractivity contribution in [1.82, 2.24) is 9.13 Å². The van der Waals surface area contributed by atoms with Gasteiger partial charge in [0.15, 0.2) is 0 Å². The van der Waals surface area contributed by atoms with Gasteiger partial charge in [-0.05, 0) is 35.0 Å². The summed E-state index contributed by atoms with van der Waals surface area (Å²) in [5.41, 5.74) is 5.68. The van der Waals surface area contributed by atoms with E-state index >= 15 is 0 Å². The number of thiophene rings is 8. The molecule has 0 bridgehead atoms. The molecule has 10 rings (SSSR count). The Morgan fingerprint density at radius 3 is 1.24 bits per heavy atom. The molecule has 2 nitrogen and oxygen atoms in total. The molecule has 0 aromatic carbocycles. The van der Waals surface area contributed by atoms with Gasteiger partial charge >= 0.3 is 0 Å². The second-order valence-corrected chi connectivity index (χ2v) is 17.6. The van der Waals surface area contributed by atoms with Crippen LogP contribution in [-0.2, 0) is 14.1 Å². The van der Waals surface area contributed by atoms with E-state index in [0.717, 1.165) is 0 Å². The van der Waals surface area contributed by atoms with Crippen LogP contribution in [0.2, 0.25) is 0 Å². The van der Waals surface area contributed by atoms with Crippen LogP contribution in [0.25, 0.3) is 88.6 Å². The number of fused-ring (bicyclic) bond motifs is 13. The van der Waals surface area contributed by atoms with Gasteiger partial charge in [0.25, 0.3) is 0 Å². The lowest BCUT2D eigenvalue weighted by Crippen LogP contribution is -1.85. The van der Waals surface area contributed by atoms with E-state index in [1.807, 2.05) is 90.7 Å². The second kappa shape index (κ2) is 7.38. The van der Waals surface area contributed by atoms with E-state index in [2.05, 4.69) is 70.4 Å². The monoisotopic (exact) mass is 634 g/mol. The highest BCUT2D eigenvalue weighted by Crippen LogP contribution is 2.56. The molecule has 10 aromatic heterocycles. The Kier molecular flexibility index (Phi) is 4.23. The van der Waals surface area contributed by atoms with Gasteiger partial charge in [-0.1, -0.05) is 12.1 Å². The van der Waals surface area contributed by atoms with E-state index in [0.29, 0.717) is 0 Å². The van der Waals surface area contributed by atoms with Crippen LogP contribution in [0, 0.1) is 0 Å². The fourth-order valence-electron chi connectivity index (χ4n) is 5.80. The predicted molar refractivity (Wildman–Crippen MR) is 181 cm³/mol. The largest absolute Gasteiger partial charge is 0.340 e. The third kappa shape index (κ3) is 2.57. The Hall–Kier alpha value is -2.02. The van der Waals surface area contributed by atoms with E-state index < -0.39 is 0 Å². The normalized spacial score (nSPS) is 13.0. The summed E-state index contributed by atoms with van der Waals surface area (Å²) < 4.78 is 19.5. The molecule has 0 saturated heterocycles. The van der Waals surface area contributed by atoms with Gasteiger partial charge in [0.1, 0.15) is 0 Å². The third-order valence-corrected chi connectivity index (χ3v) is 17.2. The van der Waals surface area contributed by atoms with Gasteiger partial charge in [-0.15, -0.1) is 90.7 Å². The zero-order valence-corrected chi connectivity index (χ0v) is 26.3. The summed E-state index contributed by atoms with van der Waals surface area (Å²) in [6.45, 7) is 0. The number of hydrogen-bond donors (Lipinski definition) is 0. The maximum absolute atomic E-state index is 2.49. The summed E-state index contributed by atoms with van der Waals surface area (Å²) in [6.07, 6.45) is 0. The second-order valence-electron chi connectivity index (χ2n) is 9.46. The minimum atomic E-state index is 1.37. The van der Waals surface area contributed by atoms with Crippen LogP contribution in [0.4, 0.5) is 0 Å². The lowest BCUT2D eigenvalue weighted by molar-refractivity contribution is 1.02. The van der Waals surface area contributed by atoms with Crippen LogP contribution >= 0.6 is 90.7 Å². The number of aryl methyl sites for hydroxylation is 2. The van der Waals surface area contributed by atoms with E-state index in [9.17, 15) is 0 Å². The molecule has 0 amide bonds. The lowest BCUT2D eigenvalue weighted by atomic mass is 10.4. The molecule has 10 heterocycles. The van der Waals surface area contributed by atoms with Crippen molar-refractivity contribution in [3.05, 3.63) is 47.2 Å². The number of nitrogens with zero attached hydrogens (tertiary/aromatic N) is 2. The van der Waals surface area contributed by atoms with E-state index in [1.165, 1.54) is 88.6 Å². The first kappa shape index (κ1) is 21.8. The highest BCUT2D eigenvalue weighted by molar-refractivity contribution is 7.43. The van der Waals surface area contributed by atoms with E-state index in [4.69, 9.17) is 0 Å². The van der Waals surface area contributed by atoms with Crippen LogP contribution in [0.15, 0.2) is 47.2 Å². The van der Waals surface area contributed by atoms with Crippen LogP contribution in [0.5, 0.6) is 0 Å². The molecule has 38 heavy (non-hydrogen) atoms. The maximum Gasteiger partial charge on any atom is 0.0790 e. The average molecular weight is 635 g/mol. The molecule has 10 aromatic rings. The molecular formula is C28H14N2S8. The topological polar surface area (TPSA) is 9.86 Å². The lowest BCUT2D eigenvalue weighted by Gasteiger charge is -1.96. The molecule has 0 aliphatic heterocycles. The Morgan fingerprint density at radius 1 is 0.447 bits per heavy atom. The minimum absolute atomic E-state index is 1.37. The molecule has 184 valence electrons. The Bertz CT molecular complexity index is 2340. The first-order valence-electron chi connectivity index (χ1n) is 11.9. The zero-order valence-electron chi connectivity index (χ0n) is 19.8. The van der Waals surface area contributed by atoms with Crippen molar-refractivity contribution in [2.75, 3.05) is 0 Å². The van der Waals surface area contributed by atoms with Crippen LogP contribution in [0.1, 0.15) is 0 Å². The fourth-order valence-corrected chi connectivity index (χ4v) is 16.1. The molecule has 0 N–H and O–H groups in total. The Balaban J connectivity index is 1.25. The predicted octanol–water partition coefficient (Wildman–Crippen LogP) is 12.3. The summed E-state index contributed by atoms with van der Waals surface area (Å²) in [7, 11) is 4.56. The van der Waals surface area contributed by atoms with Gasteiger partial charge in [0, 0.05) is 43.0 Å². The minimum Gasteiger partial charge on any atom is -0.340 e. The summed E-state index contributed by atoms with van der Waals surface area (Å²) in [5.74, 6) is 0. The molecule has 0 radical (unpaired) electrons. The quantitative estimate of drug-likeness (QED) is 0.179. The zero-order chi connectivity index (χ0) is 24.9. The average Bonchev–Trinajstić information content (AvgIpc) is 3.69. The third-order valence-electron chi connectivity index (χ3n) is 7.44. The van der Waals surface area contributed by atoms with Crippen LogP contribution < -0.4 is 0 Å². The summed E-state index contributed by atoms with van der Waals surface area (Å²) in [4.78, 5) is 5.53. The fraction of sp³-hybridized carbons (Fsp3) is 0.0714. The molecule has 0 fully saturated rings. The molecule has 0 atom stereocenters. The molecular weight excluding hydrogens is 621 g/mol. The molecule has 10 heteroatoms. The van der Waals surface area contributed by atoms with Crippen molar-refractivity contribution >= 4 is 160 Å². The van der Waals surface area contributed by atoms with Crippen molar-refractivity contribution < 1.29 is 0 Å². The standard InChI is InChI=1S/C28H14N2S8/c1-29-17-21-15(9-13(33-21)11-5-3-7-31-11)35-23(17)25-19(29)27-28(37-25)20-26(38-27)24-18(30(20)2)22-16(36-24)10-14(34-22)12-6-4-8-32-12/h3-10H,1-2H3. The van der Waals surface area contributed by atoms with Crippen molar-refractivity contribution in [2.45, 2.75) is 0 Å². The van der Waals surface area contributed by atoms with Crippen molar-refractivity contribution in [1.29, 1.82) is 0 Å². The summed E-state index contributed by atoms with van der Waals surface area (Å²) in [6, 6.07) is 13.6. The number of rotatable bonds is 2. The smallest absolute Gasteiger partial charge is 0.0790 e. The molecule has 0 aliphatic carbocycles. The number of aromatic nitrogens is 2. The van der Waals surface area contributed by atoms with Crippen LogP contribution in [0.3, 0.4) is 0 Å². The van der Waals surface area contributed by atoms with Crippen molar-refractivity contribution in [3.63, 3.8) is 0 Å². The van der Waals surface area contributed by atoms with E-state index in [1.54, 1.807) is 0 Å². The Labute approximate surface area is 247 Å². The molecule has 0 spiro atoms. The summed E-state index contributed by atoms with van der Waals surface area (Å²) in [5, 5.41) is 4.35. The van der Waals surface area contributed by atoms with Crippen LogP contribution in [-0.4, -0.2) is 9.13 Å². The first-order chi connectivity index (χ1) is 18.7. The molecule has 0 saturated carbocycles. The molecule has 0 aliphatic rings. The SMILES string of the molecule is Cn1c2c3sc(-c4cccs4)cc3sc2c2sc3c(sc4c5sc6cc(-c7cccs7)sc6c5n(C)c43)c21. The summed E-state index contributed by atoms with van der Waals surface area (Å²) >= 11 is 15.5. The first-order valence-corrected chi connectivity index (χ1v) is 18.6. The molecule has 0 unspecified atom stereocenters. The highest BCUT2D eigenvalue weighted by atomic mass is 32.1. The van der Waals surface area contributed by atoms with Gasteiger partial charge in [-0.25, -0.2) is 0 Å². The van der Waals surface area contributed by atoms with Gasteiger partial charge < -0.3 is 9.13 Å². The van der Waals surface area contributed by atoms with Crippen molar-refractivity contribution in [3.8, 4) is 19.5 Å². The number of hydrogen-bond acceptors (Lipinski definition) is 8. The maximum atomic E-state index is 2.49. The van der Waals surface area contributed by atoms with Gasteiger partial charge in [-0.3, -0.25) is 0 Å². The van der Waals surface area contributed by atoms with E-state index in [-0.39, 0.29) is 0 Å². The van der Waals surface area contributed by atoms with Gasteiger partial charge in [0.05, 0.1) is 59.7 Å². The highest BCUT2D eigenvalue weighted by Gasteiger charge is 2.27. The van der Waals surface area contributed by atoms with Gasteiger partial charge in [0.2, 0.25) is 0 Å². The Morgan fingerprint density at radius 2 is 0.842 bits per heavy atom. The van der Waals surface area contributed by atoms with Gasteiger partial charge in [-0.2, -0.15) is 0 Å². The van der Waals surface area contributed by atoms with Crippen molar-refractivity contribution in [2.24, 2.45) is 14.1 Å².